The highest BCUT2D eigenvalue weighted by molar-refractivity contribution is 5.57. The highest BCUT2D eigenvalue weighted by Crippen LogP contribution is 2.20. The number of aromatic nitrogens is 2. The van der Waals surface area contributed by atoms with E-state index in [1.165, 1.54) is 0 Å². The summed E-state index contributed by atoms with van der Waals surface area (Å²) in [5.74, 6) is 2.72. The van der Waals surface area contributed by atoms with Gasteiger partial charge in [0.25, 0.3) is 0 Å². The molecule has 1 aromatic heterocycles. The molecule has 0 bridgehead atoms. The van der Waals surface area contributed by atoms with Crippen molar-refractivity contribution in [3.8, 4) is 0 Å². The van der Waals surface area contributed by atoms with Crippen LogP contribution in [-0.2, 0) is 11.2 Å². The molecule has 0 saturated heterocycles. The lowest BCUT2D eigenvalue weighted by Gasteiger charge is -2.14. The highest BCUT2D eigenvalue weighted by atomic mass is 16.5. The van der Waals surface area contributed by atoms with Crippen LogP contribution in [0.4, 0.5) is 11.6 Å². The summed E-state index contributed by atoms with van der Waals surface area (Å²) in [7, 11) is 1.72. The van der Waals surface area contributed by atoms with Crippen LogP contribution in [0.2, 0.25) is 0 Å². The second-order valence-corrected chi connectivity index (χ2v) is 4.12. The SMILES string of the molecule is CCNc1nc(CC)nc(NCCCOC)c1C. The standard InChI is InChI=1S/C13H24N4O/c1-5-11-16-12(14-6-2)10(3)13(17-11)15-8-7-9-18-4/h5-9H2,1-4H3,(H2,14,15,16,17). The number of aryl methyl sites for hydroxylation is 1. The van der Waals surface area contributed by atoms with Crippen LogP contribution in [0.25, 0.3) is 0 Å². The van der Waals surface area contributed by atoms with E-state index in [2.05, 4.69) is 34.4 Å². The van der Waals surface area contributed by atoms with Crippen molar-refractivity contribution in [3.63, 3.8) is 0 Å². The molecule has 1 heterocycles. The number of hydrogen-bond donors (Lipinski definition) is 2. The number of nitrogens with one attached hydrogen (secondary N) is 2. The third-order valence-electron chi connectivity index (χ3n) is 2.67. The number of ether oxygens (including phenoxy) is 1. The molecule has 0 fully saturated rings. The van der Waals surface area contributed by atoms with Crippen LogP contribution in [0, 0.1) is 6.92 Å². The van der Waals surface area contributed by atoms with Crippen LogP contribution < -0.4 is 10.6 Å². The van der Waals surface area contributed by atoms with Gasteiger partial charge in [0.2, 0.25) is 0 Å². The molecule has 2 N–H and O–H groups in total. The monoisotopic (exact) mass is 252 g/mol. The van der Waals surface area contributed by atoms with Gasteiger partial charge in [0, 0.05) is 38.8 Å². The minimum atomic E-state index is 0.762. The Kier molecular flexibility index (Phi) is 6.43. The minimum absolute atomic E-state index is 0.762. The Bertz CT molecular complexity index is 368. The van der Waals surface area contributed by atoms with Gasteiger partial charge in [0.05, 0.1) is 0 Å². The first-order chi connectivity index (χ1) is 8.72. The van der Waals surface area contributed by atoms with E-state index in [9.17, 15) is 0 Å². The molecule has 0 spiro atoms. The van der Waals surface area contributed by atoms with E-state index in [1.807, 2.05) is 6.92 Å². The molecule has 0 atom stereocenters. The maximum atomic E-state index is 5.03. The number of anilines is 2. The largest absolute Gasteiger partial charge is 0.385 e. The van der Waals surface area contributed by atoms with Crippen molar-refractivity contribution in [2.45, 2.75) is 33.6 Å². The first kappa shape index (κ1) is 14.7. The van der Waals surface area contributed by atoms with Gasteiger partial charge in [-0.15, -0.1) is 0 Å². The van der Waals surface area contributed by atoms with Gasteiger partial charge < -0.3 is 15.4 Å². The Morgan fingerprint density at radius 1 is 1.11 bits per heavy atom. The predicted octanol–water partition coefficient (Wildman–Crippen LogP) is 2.23. The molecule has 1 aromatic rings. The van der Waals surface area contributed by atoms with Crippen LogP contribution in [0.1, 0.15) is 31.7 Å². The van der Waals surface area contributed by atoms with Crippen molar-refractivity contribution in [1.29, 1.82) is 0 Å². The number of hydrogen-bond acceptors (Lipinski definition) is 5. The third kappa shape index (κ3) is 4.14. The summed E-state index contributed by atoms with van der Waals surface area (Å²) in [6, 6.07) is 0. The van der Waals surface area contributed by atoms with Crippen LogP contribution in [0.15, 0.2) is 0 Å². The van der Waals surface area contributed by atoms with Crippen molar-refractivity contribution in [3.05, 3.63) is 11.4 Å². The van der Waals surface area contributed by atoms with Crippen LogP contribution in [0.3, 0.4) is 0 Å². The molecule has 0 amide bonds. The van der Waals surface area contributed by atoms with Crippen molar-refractivity contribution in [2.24, 2.45) is 0 Å². The van der Waals surface area contributed by atoms with Crippen molar-refractivity contribution in [1.82, 2.24) is 9.97 Å². The molecular formula is C13H24N4O. The van der Waals surface area contributed by atoms with Gasteiger partial charge >= 0.3 is 0 Å². The Morgan fingerprint density at radius 3 is 2.33 bits per heavy atom. The molecule has 18 heavy (non-hydrogen) atoms. The van der Waals surface area contributed by atoms with Gasteiger partial charge in [-0.25, -0.2) is 9.97 Å². The smallest absolute Gasteiger partial charge is 0.134 e. The second kappa shape index (κ2) is 7.87. The van der Waals surface area contributed by atoms with Gasteiger partial charge in [-0.3, -0.25) is 0 Å². The van der Waals surface area contributed by atoms with Gasteiger partial charge in [-0.2, -0.15) is 0 Å². The van der Waals surface area contributed by atoms with Crippen LogP contribution in [-0.4, -0.2) is 36.8 Å². The molecule has 5 nitrogen and oxygen atoms in total. The van der Waals surface area contributed by atoms with Gasteiger partial charge in [-0.05, 0) is 20.3 Å². The number of rotatable bonds is 8. The van der Waals surface area contributed by atoms with Crippen LogP contribution in [0.5, 0.6) is 0 Å². The molecule has 102 valence electrons. The van der Waals surface area contributed by atoms with E-state index in [-0.39, 0.29) is 0 Å². The van der Waals surface area contributed by atoms with Gasteiger partial charge in [-0.1, -0.05) is 6.92 Å². The van der Waals surface area contributed by atoms with Gasteiger partial charge in [0.15, 0.2) is 0 Å². The van der Waals surface area contributed by atoms with Gasteiger partial charge in [0.1, 0.15) is 17.5 Å². The number of nitrogens with zero attached hydrogens (tertiary/aromatic N) is 2. The Balaban J connectivity index is 2.77. The average Bonchev–Trinajstić information content (AvgIpc) is 2.38. The molecule has 0 aliphatic heterocycles. The Hall–Kier alpha value is -1.36. The van der Waals surface area contributed by atoms with E-state index in [1.54, 1.807) is 7.11 Å². The first-order valence-electron chi connectivity index (χ1n) is 6.57. The predicted molar refractivity (Wildman–Crippen MR) is 75.3 cm³/mol. The van der Waals surface area contributed by atoms with E-state index < -0.39 is 0 Å². The summed E-state index contributed by atoms with van der Waals surface area (Å²) >= 11 is 0. The maximum Gasteiger partial charge on any atom is 0.134 e. The Labute approximate surface area is 109 Å². The summed E-state index contributed by atoms with van der Waals surface area (Å²) in [6.07, 6.45) is 1.81. The van der Waals surface area contributed by atoms with E-state index >= 15 is 0 Å². The first-order valence-corrected chi connectivity index (χ1v) is 6.57. The van der Waals surface area contributed by atoms with Crippen molar-refractivity contribution in [2.75, 3.05) is 37.4 Å². The molecule has 1 rings (SSSR count). The molecule has 0 aromatic carbocycles. The highest BCUT2D eigenvalue weighted by Gasteiger charge is 2.08. The van der Waals surface area contributed by atoms with E-state index in [0.717, 1.165) is 55.6 Å². The van der Waals surface area contributed by atoms with Crippen molar-refractivity contribution >= 4 is 11.6 Å². The third-order valence-corrected chi connectivity index (χ3v) is 2.67. The zero-order valence-electron chi connectivity index (χ0n) is 11.8. The summed E-state index contributed by atoms with van der Waals surface area (Å²) in [6.45, 7) is 8.66. The maximum absolute atomic E-state index is 5.03. The minimum Gasteiger partial charge on any atom is -0.385 e. The quantitative estimate of drug-likeness (QED) is 0.695. The summed E-state index contributed by atoms with van der Waals surface area (Å²) in [4.78, 5) is 9.03. The molecule has 0 radical (unpaired) electrons. The Morgan fingerprint density at radius 2 is 1.78 bits per heavy atom. The second-order valence-electron chi connectivity index (χ2n) is 4.12. The summed E-state index contributed by atoms with van der Waals surface area (Å²) in [5, 5.41) is 6.63. The summed E-state index contributed by atoms with van der Waals surface area (Å²) < 4.78 is 5.03. The normalized spacial score (nSPS) is 10.4. The molecule has 0 unspecified atom stereocenters. The molecule has 5 heteroatoms. The lowest BCUT2D eigenvalue weighted by atomic mass is 10.2. The number of methoxy groups -OCH3 is 1. The summed E-state index contributed by atoms with van der Waals surface area (Å²) in [5.41, 5.74) is 1.08. The average molecular weight is 252 g/mol. The fourth-order valence-corrected chi connectivity index (χ4v) is 1.66. The topological polar surface area (TPSA) is 59.1 Å². The molecule has 0 aliphatic rings. The zero-order chi connectivity index (χ0) is 13.4. The van der Waals surface area contributed by atoms with E-state index in [0.29, 0.717) is 0 Å². The molecule has 0 saturated carbocycles. The van der Waals surface area contributed by atoms with Crippen LogP contribution >= 0.6 is 0 Å². The molecular weight excluding hydrogens is 228 g/mol. The fourth-order valence-electron chi connectivity index (χ4n) is 1.66. The lowest BCUT2D eigenvalue weighted by Crippen LogP contribution is -2.12. The molecule has 0 aliphatic carbocycles. The lowest BCUT2D eigenvalue weighted by molar-refractivity contribution is 0.197. The van der Waals surface area contributed by atoms with Crippen molar-refractivity contribution < 1.29 is 4.74 Å². The zero-order valence-corrected chi connectivity index (χ0v) is 11.8. The van der Waals surface area contributed by atoms with E-state index in [4.69, 9.17) is 4.74 Å². The fraction of sp³-hybridized carbons (Fsp3) is 0.692.